The van der Waals surface area contributed by atoms with Gasteiger partial charge in [0.25, 0.3) is 0 Å². The number of para-hydroxylation sites is 1. The van der Waals surface area contributed by atoms with Crippen molar-refractivity contribution in [1.29, 1.82) is 0 Å². The molecule has 0 radical (unpaired) electrons. The number of benzene rings is 1. The van der Waals surface area contributed by atoms with E-state index >= 15 is 0 Å². The largest absolute Gasteiger partial charge is 0.394 e. The third-order valence-electron chi connectivity index (χ3n) is 2.60. The molecule has 0 amide bonds. The van der Waals surface area contributed by atoms with Crippen LogP contribution in [-0.2, 0) is 0 Å². The molecule has 0 aliphatic heterocycles. The Morgan fingerprint density at radius 2 is 2.12 bits per heavy atom. The van der Waals surface area contributed by atoms with Gasteiger partial charge in [0.15, 0.2) is 5.13 Å². The number of rotatable bonds is 4. The molecule has 0 unspecified atom stereocenters. The molecule has 0 aliphatic carbocycles. The first-order chi connectivity index (χ1) is 7.70. The Kier molecular flexibility index (Phi) is 3.41. The fraction of sp³-hybridized carbons (Fsp3) is 0.417. The molecule has 2 aromatic rings. The highest BCUT2D eigenvalue weighted by molar-refractivity contribution is 7.22. The average Bonchev–Trinajstić information content (AvgIpc) is 2.67. The van der Waals surface area contributed by atoms with E-state index in [1.807, 2.05) is 18.2 Å². The highest BCUT2D eigenvalue weighted by Crippen LogP contribution is 2.26. The maximum absolute atomic E-state index is 9.25. The highest BCUT2D eigenvalue weighted by atomic mass is 32.1. The van der Waals surface area contributed by atoms with Gasteiger partial charge in [-0.15, -0.1) is 0 Å². The molecule has 2 rings (SSSR count). The summed E-state index contributed by atoms with van der Waals surface area (Å²) in [4.78, 5) is 4.48. The predicted octanol–water partition coefficient (Wildman–Crippen LogP) is 2.73. The number of thiazole rings is 1. The van der Waals surface area contributed by atoms with Gasteiger partial charge in [0.05, 0.1) is 22.9 Å². The quantitative estimate of drug-likeness (QED) is 0.858. The minimum atomic E-state index is 0.0700. The van der Waals surface area contributed by atoms with Gasteiger partial charge in [0.1, 0.15) is 0 Å². The normalized spacial score (nSPS) is 13.2. The van der Waals surface area contributed by atoms with Gasteiger partial charge >= 0.3 is 0 Å². The summed E-state index contributed by atoms with van der Waals surface area (Å²) < 4.78 is 1.17. The molecule has 0 bridgehead atoms. The minimum Gasteiger partial charge on any atom is -0.394 e. The number of aromatic nitrogens is 1. The van der Waals surface area contributed by atoms with E-state index in [1.165, 1.54) is 4.70 Å². The van der Waals surface area contributed by atoms with Crippen molar-refractivity contribution >= 4 is 26.7 Å². The Morgan fingerprint density at radius 3 is 2.75 bits per heavy atom. The predicted molar refractivity (Wildman–Crippen MR) is 69.0 cm³/mol. The smallest absolute Gasteiger partial charge is 0.184 e. The fourth-order valence-electron chi connectivity index (χ4n) is 1.52. The lowest BCUT2D eigenvalue weighted by atomic mass is 10.1. The number of hydrogen-bond donors (Lipinski definition) is 2. The molecule has 4 heteroatoms. The van der Waals surface area contributed by atoms with Gasteiger partial charge in [-0.25, -0.2) is 4.98 Å². The summed E-state index contributed by atoms with van der Waals surface area (Å²) in [5.74, 6) is 0.386. The summed E-state index contributed by atoms with van der Waals surface area (Å²) in [6.45, 7) is 4.30. The molecule has 0 saturated heterocycles. The first-order valence-corrected chi connectivity index (χ1v) is 6.25. The van der Waals surface area contributed by atoms with Crippen molar-refractivity contribution in [3.05, 3.63) is 24.3 Å². The zero-order chi connectivity index (χ0) is 11.5. The van der Waals surface area contributed by atoms with Gasteiger partial charge < -0.3 is 10.4 Å². The number of nitrogens with zero attached hydrogens (tertiary/aromatic N) is 1. The Bertz CT molecular complexity index is 434. The van der Waals surface area contributed by atoms with Crippen LogP contribution in [0.5, 0.6) is 0 Å². The number of nitrogens with one attached hydrogen (secondary N) is 1. The Hall–Kier alpha value is -1.13. The molecular weight excluding hydrogens is 220 g/mol. The van der Waals surface area contributed by atoms with Crippen LogP contribution in [0.1, 0.15) is 13.8 Å². The Labute approximate surface area is 99.1 Å². The van der Waals surface area contributed by atoms with Crippen LogP contribution in [-0.4, -0.2) is 22.7 Å². The number of aliphatic hydroxyl groups is 1. The summed E-state index contributed by atoms with van der Waals surface area (Å²) in [6.07, 6.45) is 0. The van der Waals surface area contributed by atoms with E-state index < -0.39 is 0 Å². The fourth-order valence-corrected chi connectivity index (χ4v) is 2.44. The first kappa shape index (κ1) is 11.4. The van der Waals surface area contributed by atoms with Crippen LogP contribution >= 0.6 is 11.3 Å². The van der Waals surface area contributed by atoms with Crippen LogP contribution in [0.4, 0.5) is 5.13 Å². The molecule has 1 aromatic heterocycles. The second-order valence-electron chi connectivity index (χ2n) is 4.16. The van der Waals surface area contributed by atoms with Crippen molar-refractivity contribution in [2.75, 3.05) is 11.9 Å². The molecule has 1 aromatic carbocycles. The lowest BCUT2D eigenvalue weighted by molar-refractivity contribution is 0.249. The number of anilines is 1. The van der Waals surface area contributed by atoms with Crippen LogP contribution in [0.2, 0.25) is 0 Å². The van der Waals surface area contributed by atoms with E-state index in [0.717, 1.165) is 10.6 Å². The lowest BCUT2D eigenvalue weighted by Crippen LogP contribution is -2.29. The zero-order valence-electron chi connectivity index (χ0n) is 9.47. The first-order valence-electron chi connectivity index (χ1n) is 5.43. The third-order valence-corrected chi connectivity index (χ3v) is 3.57. The molecular formula is C12H16N2OS. The minimum absolute atomic E-state index is 0.0700. The monoisotopic (exact) mass is 236 g/mol. The molecule has 0 saturated carbocycles. The molecule has 16 heavy (non-hydrogen) atoms. The van der Waals surface area contributed by atoms with E-state index in [4.69, 9.17) is 0 Å². The Morgan fingerprint density at radius 1 is 1.38 bits per heavy atom. The molecule has 0 aliphatic rings. The molecule has 0 spiro atoms. The molecule has 1 heterocycles. The summed E-state index contributed by atoms with van der Waals surface area (Å²) >= 11 is 1.63. The lowest BCUT2D eigenvalue weighted by Gasteiger charge is -2.18. The summed E-state index contributed by atoms with van der Waals surface area (Å²) in [6, 6.07) is 8.12. The summed E-state index contributed by atoms with van der Waals surface area (Å²) in [7, 11) is 0. The second-order valence-corrected chi connectivity index (χ2v) is 5.19. The standard InChI is InChI=1S/C12H16N2OS/c1-8(2)10(7-15)14-12-13-9-5-3-4-6-11(9)16-12/h3-6,8,10,15H,7H2,1-2H3,(H,13,14)/t10-/m1/s1. The van der Waals surface area contributed by atoms with Crippen LogP contribution in [0.25, 0.3) is 10.2 Å². The summed E-state index contributed by atoms with van der Waals surface area (Å²) in [5, 5.41) is 13.4. The number of hydrogen-bond acceptors (Lipinski definition) is 4. The van der Waals surface area contributed by atoms with Gasteiger partial charge in [-0.1, -0.05) is 37.3 Å². The van der Waals surface area contributed by atoms with Gasteiger partial charge in [-0.3, -0.25) is 0 Å². The molecule has 86 valence electrons. The second kappa shape index (κ2) is 4.80. The SMILES string of the molecule is CC(C)[C@@H](CO)Nc1nc2ccccc2s1. The van der Waals surface area contributed by atoms with Gasteiger partial charge in [-0.2, -0.15) is 0 Å². The van der Waals surface area contributed by atoms with Crippen LogP contribution in [0.15, 0.2) is 24.3 Å². The van der Waals surface area contributed by atoms with E-state index in [2.05, 4.69) is 30.2 Å². The highest BCUT2D eigenvalue weighted by Gasteiger charge is 2.13. The van der Waals surface area contributed by atoms with E-state index in [-0.39, 0.29) is 12.6 Å². The molecule has 3 nitrogen and oxygen atoms in total. The number of aliphatic hydroxyl groups excluding tert-OH is 1. The van der Waals surface area contributed by atoms with Crippen LogP contribution in [0.3, 0.4) is 0 Å². The van der Waals surface area contributed by atoms with Gasteiger partial charge in [-0.05, 0) is 18.1 Å². The zero-order valence-corrected chi connectivity index (χ0v) is 10.3. The topological polar surface area (TPSA) is 45.1 Å². The average molecular weight is 236 g/mol. The summed E-state index contributed by atoms with van der Waals surface area (Å²) in [5.41, 5.74) is 1.01. The Balaban J connectivity index is 2.20. The van der Waals surface area contributed by atoms with Crippen LogP contribution < -0.4 is 5.32 Å². The van der Waals surface area contributed by atoms with E-state index in [9.17, 15) is 5.11 Å². The van der Waals surface area contributed by atoms with E-state index in [1.54, 1.807) is 11.3 Å². The molecule has 1 atom stereocenters. The van der Waals surface area contributed by atoms with Crippen molar-refractivity contribution in [2.24, 2.45) is 5.92 Å². The number of fused-ring (bicyclic) bond motifs is 1. The third kappa shape index (κ3) is 2.33. The molecule has 2 N–H and O–H groups in total. The van der Waals surface area contributed by atoms with Gasteiger partial charge in [0, 0.05) is 0 Å². The van der Waals surface area contributed by atoms with Crippen molar-refractivity contribution in [1.82, 2.24) is 4.98 Å². The van der Waals surface area contributed by atoms with Crippen molar-refractivity contribution in [2.45, 2.75) is 19.9 Å². The maximum atomic E-state index is 9.25. The van der Waals surface area contributed by atoms with Crippen molar-refractivity contribution in [3.63, 3.8) is 0 Å². The van der Waals surface area contributed by atoms with Crippen molar-refractivity contribution in [3.8, 4) is 0 Å². The van der Waals surface area contributed by atoms with Gasteiger partial charge in [0.2, 0.25) is 0 Å². The van der Waals surface area contributed by atoms with E-state index in [0.29, 0.717) is 5.92 Å². The molecule has 0 fully saturated rings. The van der Waals surface area contributed by atoms with Crippen LogP contribution in [0, 0.1) is 5.92 Å². The maximum Gasteiger partial charge on any atom is 0.184 e. The van der Waals surface area contributed by atoms with Crippen molar-refractivity contribution < 1.29 is 5.11 Å².